The van der Waals surface area contributed by atoms with Crippen LogP contribution in [0.3, 0.4) is 0 Å². The molecular weight excluding hydrogens is 443 g/mol. The van der Waals surface area contributed by atoms with Gasteiger partial charge in [0.15, 0.2) is 0 Å². The van der Waals surface area contributed by atoms with E-state index in [9.17, 15) is 13.2 Å². The molecular formula is C26H22F3N3O2. The zero-order chi connectivity index (χ0) is 23.7. The van der Waals surface area contributed by atoms with Gasteiger partial charge in [-0.2, -0.15) is 18.3 Å². The fourth-order valence-corrected chi connectivity index (χ4v) is 3.82. The van der Waals surface area contributed by atoms with Gasteiger partial charge in [-0.15, -0.1) is 0 Å². The first-order valence-electron chi connectivity index (χ1n) is 10.9. The van der Waals surface area contributed by atoms with Crippen molar-refractivity contribution in [3.63, 3.8) is 0 Å². The van der Waals surface area contributed by atoms with E-state index in [1.165, 1.54) is 6.07 Å². The number of aromatic nitrogens is 3. The SMILES string of the molecule is Cc1ccc(-c2cccc(C(F)(F)F)c2)cc1-n1cc(-c2cnccc2OCC2COC2)cn1. The second kappa shape index (κ2) is 8.95. The molecule has 3 heterocycles. The Morgan fingerprint density at radius 1 is 1.03 bits per heavy atom. The Balaban J connectivity index is 1.45. The van der Waals surface area contributed by atoms with Gasteiger partial charge in [0, 0.05) is 35.6 Å². The lowest BCUT2D eigenvalue weighted by Gasteiger charge is -2.26. The van der Waals surface area contributed by atoms with Crippen LogP contribution in [0.2, 0.25) is 0 Å². The van der Waals surface area contributed by atoms with Gasteiger partial charge in [0.2, 0.25) is 0 Å². The highest BCUT2D eigenvalue weighted by molar-refractivity contribution is 5.70. The Labute approximate surface area is 194 Å². The number of alkyl halides is 3. The molecule has 5 nitrogen and oxygen atoms in total. The number of rotatable bonds is 6. The molecule has 0 spiro atoms. The standard InChI is InChI=1S/C26H22F3N3O2/c1-17-5-6-20(19-3-2-4-22(9-19)26(27,28)29)10-24(17)32-13-21(11-31-32)23-12-30-8-7-25(23)34-16-18-14-33-15-18/h2-13,18H,14-16H2,1H3. The van der Waals surface area contributed by atoms with Gasteiger partial charge in [-0.05, 0) is 47.9 Å². The molecule has 0 aliphatic carbocycles. The Bertz CT molecular complexity index is 1310. The number of hydrogen-bond acceptors (Lipinski definition) is 4. The molecule has 8 heteroatoms. The lowest BCUT2D eigenvalue weighted by molar-refractivity contribution is -0.137. The number of hydrogen-bond donors (Lipinski definition) is 0. The van der Waals surface area contributed by atoms with Crippen LogP contribution < -0.4 is 4.74 Å². The number of halogens is 3. The van der Waals surface area contributed by atoms with Gasteiger partial charge in [-0.3, -0.25) is 4.98 Å². The van der Waals surface area contributed by atoms with Crippen molar-refractivity contribution < 1.29 is 22.6 Å². The largest absolute Gasteiger partial charge is 0.492 e. The predicted molar refractivity (Wildman–Crippen MR) is 122 cm³/mol. The number of benzene rings is 2. The maximum atomic E-state index is 13.2. The molecule has 0 N–H and O–H groups in total. The molecule has 2 aromatic carbocycles. The monoisotopic (exact) mass is 465 g/mol. The summed E-state index contributed by atoms with van der Waals surface area (Å²) in [5.74, 6) is 1.11. The molecule has 0 amide bonds. The molecule has 1 fully saturated rings. The van der Waals surface area contributed by atoms with E-state index < -0.39 is 11.7 Å². The van der Waals surface area contributed by atoms with Crippen LogP contribution in [0.4, 0.5) is 13.2 Å². The van der Waals surface area contributed by atoms with Gasteiger partial charge >= 0.3 is 6.18 Å². The molecule has 0 bridgehead atoms. The van der Waals surface area contributed by atoms with Crippen LogP contribution in [0.5, 0.6) is 5.75 Å². The molecule has 0 radical (unpaired) electrons. The highest BCUT2D eigenvalue weighted by atomic mass is 19.4. The van der Waals surface area contributed by atoms with Gasteiger partial charge in [-0.25, -0.2) is 4.68 Å². The normalized spacial score (nSPS) is 14.1. The first-order chi connectivity index (χ1) is 16.4. The fraction of sp³-hybridized carbons (Fsp3) is 0.231. The maximum absolute atomic E-state index is 13.2. The number of ether oxygens (including phenoxy) is 2. The van der Waals surface area contributed by atoms with E-state index in [1.54, 1.807) is 29.3 Å². The Morgan fingerprint density at radius 2 is 1.85 bits per heavy atom. The third-order valence-corrected chi connectivity index (χ3v) is 5.84. The lowest BCUT2D eigenvalue weighted by atomic mass is 10.0. The summed E-state index contributed by atoms with van der Waals surface area (Å²) in [7, 11) is 0. The Kier molecular flexibility index (Phi) is 5.83. The zero-order valence-electron chi connectivity index (χ0n) is 18.4. The average Bonchev–Trinajstić information content (AvgIpc) is 3.28. The van der Waals surface area contributed by atoms with Crippen molar-refractivity contribution in [3.05, 3.63) is 84.4 Å². The number of pyridine rings is 1. The van der Waals surface area contributed by atoms with Crippen LogP contribution in [0.15, 0.2) is 73.3 Å². The third-order valence-electron chi connectivity index (χ3n) is 5.84. The average molecular weight is 465 g/mol. The van der Waals surface area contributed by atoms with Crippen LogP contribution in [0.25, 0.3) is 27.9 Å². The summed E-state index contributed by atoms with van der Waals surface area (Å²) in [6, 6.07) is 12.7. The topological polar surface area (TPSA) is 49.2 Å². The summed E-state index contributed by atoms with van der Waals surface area (Å²) in [6.07, 6.45) is 2.62. The third kappa shape index (κ3) is 4.54. The number of nitrogens with zero attached hydrogens (tertiary/aromatic N) is 3. The lowest BCUT2D eigenvalue weighted by Crippen LogP contribution is -2.32. The summed E-state index contributed by atoms with van der Waals surface area (Å²) < 4.78 is 52.5. The van der Waals surface area contributed by atoms with Crippen molar-refractivity contribution >= 4 is 0 Å². The molecule has 2 aromatic heterocycles. The molecule has 0 saturated carbocycles. The number of aryl methyl sites for hydroxylation is 1. The minimum Gasteiger partial charge on any atom is -0.492 e. The summed E-state index contributed by atoms with van der Waals surface area (Å²) in [4.78, 5) is 4.23. The molecule has 1 aliphatic heterocycles. The van der Waals surface area contributed by atoms with E-state index in [1.807, 2.05) is 37.4 Å². The van der Waals surface area contributed by atoms with E-state index in [0.717, 1.165) is 40.3 Å². The van der Waals surface area contributed by atoms with E-state index >= 15 is 0 Å². The van der Waals surface area contributed by atoms with Crippen molar-refractivity contribution in [2.45, 2.75) is 13.1 Å². The summed E-state index contributed by atoms with van der Waals surface area (Å²) in [6.45, 7) is 3.93. The van der Waals surface area contributed by atoms with Crippen LogP contribution in [-0.4, -0.2) is 34.6 Å². The molecule has 0 atom stereocenters. The summed E-state index contributed by atoms with van der Waals surface area (Å²) in [5.41, 5.74) is 3.86. The molecule has 34 heavy (non-hydrogen) atoms. The Morgan fingerprint density at radius 3 is 2.62 bits per heavy atom. The minimum absolute atomic E-state index is 0.393. The zero-order valence-corrected chi connectivity index (χ0v) is 18.4. The van der Waals surface area contributed by atoms with Crippen LogP contribution in [-0.2, 0) is 10.9 Å². The van der Waals surface area contributed by atoms with E-state index in [4.69, 9.17) is 9.47 Å². The van der Waals surface area contributed by atoms with Gasteiger partial charge in [0.1, 0.15) is 5.75 Å². The van der Waals surface area contributed by atoms with Crippen molar-refractivity contribution in [2.75, 3.05) is 19.8 Å². The van der Waals surface area contributed by atoms with E-state index in [-0.39, 0.29) is 0 Å². The predicted octanol–water partition coefficient (Wildman–Crippen LogP) is 5.95. The smallest absolute Gasteiger partial charge is 0.416 e. The Hall–Kier alpha value is -3.65. The minimum atomic E-state index is -4.39. The molecule has 4 aromatic rings. The van der Waals surface area contributed by atoms with E-state index in [2.05, 4.69) is 10.1 Å². The second-order valence-electron chi connectivity index (χ2n) is 8.34. The summed E-state index contributed by atoms with van der Waals surface area (Å²) in [5, 5.41) is 4.51. The van der Waals surface area contributed by atoms with Crippen molar-refractivity contribution in [1.82, 2.24) is 14.8 Å². The first-order valence-corrected chi connectivity index (χ1v) is 10.9. The summed E-state index contributed by atoms with van der Waals surface area (Å²) >= 11 is 0. The van der Waals surface area contributed by atoms with Crippen molar-refractivity contribution in [2.24, 2.45) is 5.92 Å². The van der Waals surface area contributed by atoms with Gasteiger partial charge in [0.25, 0.3) is 0 Å². The van der Waals surface area contributed by atoms with Gasteiger partial charge in [0.05, 0.1) is 37.3 Å². The molecule has 5 rings (SSSR count). The molecule has 1 aliphatic rings. The van der Waals surface area contributed by atoms with Crippen LogP contribution in [0, 0.1) is 12.8 Å². The van der Waals surface area contributed by atoms with Crippen molar-refractivity contribution in [3.8, 4) is 33.7 Å². The second-order valence-corrected chi connectivity index (χ2v) is 8.34. The quantitative estimate of drug-likeness (QED) is 0.353. The maximum Gasteiger partial charge on any atom is 0.416 e. The fourth-order valence-electron chi connectivity index (χ4n) is 3.82. The van der Waals surface area contributed by atoms with Crippen LogP contribution >= 0.6 is 0 Å². The first kappa shape index (κ1) is 22.2. The highest BCUT2D eigenvalue weighted by Gasteiger charge is 2.30. The molecule has 174 valence electrons. The molecule has 1 saturated heterocycles. The van der Waals surface area contributed by atoms with E-state index in [0.29, 0.717) is 36.9 Å². The van der Waals surface area contributed by atoms with Gasteiger partial charge in [-0.1, -0.05) is 24.3 Å². The van der Waals surface area contributed by atoms with Crippen molar-refractivity contribution in [1.29, 1.82) is 0 Å². The van der Waals surface area contributed by atoms with Crippen LogP contribution in [0.1, 0.15) is 11.1 Å². The van der Waals surface area contributed by atoms with Gasteiger partial charge < -0.3 is 9.47 Å². The highest BCUT2D eigenvalue weighted by Crippen LogP contribution is 2.34. The molecule has 0 unspecified atom stereocenters.